The van der Waals surface area contributed by atoms with Crippen molar-refractivity contribution in [3.8, 4) is 11.1 Å². The van der Waals surface area contributed by atoms with Crippen molar-refractivity contribution in [2.75, 3.05) is 0 Å². The van der Waals surface area contributed by atoms with Crippen LogP contribution in [0.5, 0.6) is 0 Å². The van der Waals surface area contributed by atoms with E-state index in [4.69, 9.17) is 4.74 Å². The number of halogens is 3. The number of benzene rings is 3. The van der Waals surface area contributed by atoms with Crippen LogP contribution in [0, 0.1) is 17.5 Å². The summed E-state index contributed by atoms with van der Waals surface area (Å²) < 4.78 is 45.4. The molecule has 0 aromatic heterocycles. The van der Waals surface area contributed by atoms with E-state index in [1.807, 2.05) is 36.4 Å². The molecule has 0 bridgehead atoms. The Morgan fingerprint density at radius 2 is 1.30 bits per heavy atom. The van der Waals surface area contributed by atoms with Crippen molar-refractivity contribution in [3.05, 3.63) is 107 Å². The van der Waals surface area contributed by atoms with Gasteiger partial charge in [-0.1, -0.05) is 55.1 Å². The second-order valence-electron chi connectivity index (χ2n) is 8.48. The van der Waals surface area contributed by atoms with Crippen LogP contribution in [0.4, 0.5) is 13.2 Å². The van der Waals surface area contributed by atoms with Gasteiger partial charge in [-0.3, -0.25) is 0 Å². The van der Waals surface area contributed by atoms with Gasteiger partial charge in [-0.15, -0.1) is 0 Å². The molecule has 33 heavy (non-hydrogen) atoms. The van der Waals surface area contributed by atoms with Crippen molar-refractivity contribution in [1.82, 2.24) is 0 Å². The number of carbonyl (C=O) groups is 1. The Kier molecular flexibility index (Phi) is 6.97. The molecule has 4 rings (SSSR count). The van der Waals surface area contributed by atoms with Crippen LogP contribution in [0.3, 0.4) is 0 Å². The van der Waals surface area contributed by atoms with E-state index in [-0.39, 0.29) is 6.61 Å². The number of hydrogen-bond donors (Lipinski definition) is 0. The molecule has 0 amide bonds. The Morgan fingerprint density at radius 1 is 0.818 bits per heavy atom. The Morgan fingerprint density at radius 3 is 1.79 bits per heavy atom. The predicted octanol–water partition coefficient (Wildman–Crippen LogP) is 7.44. The zero-order valence-electron chi connectivity index (χ0n) is 18.2. The average molecular weight is 451 g/mol. The molecule has 1 saturated carbocycles. The Hall–Kier alpha value is -3.34. The van der Waals surface area contributed by atoms with Crippen molar-refractivity contribution in [3.63, 3.8) is 0 Å². The van der Waals surface area contributed by atoms with Gasteiger partial charge in [-0.2, -0.15) is 0 Å². The highest BCUT2D eigenvalue weighted by Crippen LogP contribution is 2.41. The molecule has 3 aromatic rings. The fourth-order valence-corrected chi connectivity index (χ4v) is 4.53. The summed E-state index contributed by atoms with van der Waals surface area (Å²) in [6.45, 7) is 3.63. The van der Waals surface area contributed by atoms with Gasteiger partial charge in [0.25, 0.3) is 0 Å². The van der Waals surface area contributed by atoms with E-state index in [0.717, 1.165) is 49.5 Å². The average Bonchev–Trinajstić information content (AvgIpc) is 2.86. The van der Waals surface area contributed by atoms with Crippen LogP contribution in [-0.2, 0) is 16.1 Å². The number of rotatable bonds is 6. The molecule has 1 aliphatic rings. The molecule has 170 valence electrons. The number of ether oxygens (including phenoxy) is 1. The maximum atomic E-state index is 13.5. The van der Waals surface area contributed by atoms with Crippen LogP contribution in [0.25, 0.3) is 11.1 Å². The molecule has 0 radical (unpaired) electrons. The van der Waals surface area contributed by atoms with Crippen LogP contribution in [0.15, 0.2) is 73.3 Å². The molecule has 0 aliphatic heterocycles. The summed E-state index contributed by atoms with van der Waals surface area (Å²) in [5.41, 5.74) is 4.43. The maximum absolute atomic E-state index is 13.5. The summed E-state index contributed by atoms with van der Waals surface area (Å²) in [7, 11) is 0. The molecule has 0 spiro atoms. The molecule has 0 N–H and O–H groups in total. The van der Waals surface area contributed by atoms with E-state index < -0.39 is 23.4 Å². The van der Waals surface area contributed by atoms with Crippen LogP contribution in [-0.4, -0.2) is 5.97 Å². The lowest BCUT2D eigenvalue weighted by molar-refractivity contribution is -0.138. The first kappa shape index (κ1) is 22.8. The number of hydrogen-bond acceptors (Lipinski definition) is 2. The van der Waals surface area contributed by atoms with Crippen LogP contribution in [0.2, 0.25) is 0 Å². The lowest BCUT2D eigenvalue weighted by Crippen LogP contribution is -2.12. The molecule has 3 aromatic carbocycles. The molecular weight excluding hydrogens is 425 g/mol. The maximum Gasteiger partial charge on any atom is 0.330 e. The van der Waals surface area contributed by atoms with Crippen molar-refractivity contribution < 1.29 is 22.7 Å². The molecular formula is C28H25F3O2. The zero-order chi connectivity index (χ0) is 23.4. The van der Waals surface area contributed by atoms with Crippen molar-refractivity contribution in [2.24, 2.45) is 0 Å². The van der Waals surface area contributed by atoms with Gasteiger partial charge >= 0.3 is 5.97 Å². The van der Waals surface area contributed by atoms with Gasteiger partial charge in [-0.25, -0.2) is 18.0 Å². The van der Waals surface area contributed by atoms with Gasteiger partial charge in [0.1, 0.15) is 6.61 Å². The number of carbonyl (C=O) groups excluding carboxylic acids is 1. The van der Waals surface area contributed by atoms with E-state index in [9.17, 15) is 18.0 Å². The van der Waals surface area contributed by atoms with Crippen molar-refractivity contribution >= 4 is 5.97 Å². The van der Waals surface area contributed by atoms with Crippen molar-refractivity contribution in [2.45, 2.75) is 44.1 Å². The van der Waals surface area contributed by atoms with Gasteiger partial charge in [0.05, 0.1) is 0 Å². The molecule has 1 aliphatic carbocycles. The lowest BCUT2D eigenvalue weighted by Gasteiger charge is -2.29. The minimum Gasteiger partial charge on any atom is -0.458 e. The van der Waals surface area contributed by atoms with Gasteiger partial charge < -0.3 is 4.74 Å². The summed E-state index contributed by atoms with van der Waals surface area (Å²) in [4.78, 5) is 11.2. The monoisotopic (exact) mass is 450 g/mol. The standard InChI is InChI=1S/C28H25F3O2/c1-2-27(32)33-17-18-3-5-19(6-4-18)20-7-9-21(10-8-20)22-11-13-23(14-12-22)24-15-25(29)28(31)26(30)16-24/h2-6,11-16,20-21H,1,7-10,17H2. The quantitative estimate of drug-likeness (QED) is 0.222. The van der Waals surface area contributed by atoms with E-state index in [1.165, 1.54) is 11.1 Å². The zero-order valence-corrected chi connectivity index (χ0v) is 18.2. The molecule has 5 heteroatoms. The van der Waals surface area contributed by atoms with Crippen molar-refractivity contribution in [1.29, 1.82) is 0 Å². The van der Waals surface area contributed by atoms with Crippen LogP contribution >= 0.6 is 0 Å². The smallest absolute Gasteiger partial charge is 0.330 e. The topological polar surface area (TPSA) is 26.3 Å². The molecule has 0 heterocycles. The summed E-state index contributed by atoms with van der Waals surface area (Å²) in [5.74, 6) is -3.30. The minimum absolute atomic E-state index is 0.241. The molecule has 0 saturated heterocycles. The van der Waals surface area contributed by atoms with Gasteiger partial charge in [0.15, 0.2) is 17.5 Å². The highest BCUT2D eigenvalue weighted by Gasteiger charge is 2.23. The first-order valence-electron chi connectivity index (χ1n) is 11.1. The van der Waals surface area contributed by atoms with Crippen LogP contribution < -0.4 is 0 Å². The molecule has 0 atom stereocenters. The van der Waals surface area contributed by atoms with E-state index in [1.54, 1.807) is 0 Å². The molecule has 1 fully saturated rings. The van der Waals surface area contributed by atoms with Gasteiger partial charge in [0, 0.05) is 6.08 Å². The molecule has 0 unspecified atom stereocenters. The van der Waals surface area contributed by atoms with E-state index in [2.05, 4.69) is 18.7 Å². The summed E-state index contributed by atoms with van der Waals surface area (Å²) in [6, 6.07) is 17.9. The number of esters is 1. The van der Waals surface area contributed by atoms with E-state index in [0.29, 0.717) is 23.0 Å². The highest BCUT2D eigenvalue weighted by atomic mass is 19.2. The first-order chi connectivity index (χ1) is 15.9. The summed E-state index contributed by atoms with van der Waals surface area (Å²) in [6.07, 6.45) is 5.42. The van der Waals surface area contributed by atoms with Gasteiger partial charge in [-0.05, 0) is 77.5 Å². The Labute approximate surface area is 191 Å². The Balaban J connectivity index is 1.35. The fraction of sp³-hybridized carbons (Fsp3) is 0.250. The Bertz CT molecular complexity index is 1110. The fourth-order valence-electron chi connectivity index (χ4n) is 4.53. The second-order valence-corrected chi connectivity index (χ2v) is 8.48. The lowest BCUT2D eigenvalue weighted by atomic mass is 9.76. The second kappa shape index (κ2) is 10.1. The SMILES string of the molecule is C=CC(=O)OCc1ccc(C2CCC(c3ccc(-c4cc(F)c(F)c(F)c4)cc3)CC2)cc1. The normalized spacial score (nSPS) is 18.0. The first-order valence-corrected chi connectivity index (χ1v) is 11.1. The highest BCUT2D eigenvalue weighted by molar-refractivity contribution is 5.81. The predicted molar refractivity (Wildman–Crippen MR) is 122 cm³/mol. The third-order valence-electron chi connectivity index (χ3n) is 6.43. The summed E-state index contributed by atoms with van der Waals surface area (Å²) >= 11 is 0. The third kappa shape index (κ3) is 5.36. The largest absolute Gasteiger partial charge is 0.458 e. The van der Waals surface area contributed by atoms with Gasteiger partial charge in [0.2, 0.25) is 0 Å². The van der Waals surface area contributed by atoms with Crippen LogP contribution in [0.1, 0.15) is 54.2 Å². The summed E-state index contributed by atoms with van der Waals surface area (Å²) in [5, 5.41) is 0. The third-order valence-corrected chi connectivity index (χ3v) is 6.43. The van der Waals surface area contributed by atoms with E-state index >= 15 is 0 Å². The minimum atomic E-state index is -1.45. The molecule has 2 nitrogen and oxygen atoms in total.